The largest absolute Gasteiger partial charge is 0.495 e. The molecule has 2 aromatic carbocycles. The summed E-state index contributed by atoms with van der Waals surface area (Å²) in [6, 6.07) is 15.5. The number of hydrogen-bond acceptors (Lipinski definition) is 7. The molecule has 1 aliphatic rings. The van der Waals surface area contributed by atoms with Gasteiger partial charge in [0.15, 0.2) is 0 Å². The van der Waals surface area contributed by atoms with Crippen molar-refractivity contribution in [2.75, 3.05) is 38.2 Å². The van der Waals surface area contributed by atoms with Gasteiger partial charge in [0, 0.05) is 50.2 Å². The lowest BCUT2D eigenvalue weighted by atomic mass is 10.1. The lowest BCUT2D eigenvalue weighted by Crippen LogP contribution is -2.50. The molecule has 10 heteroatoms. The van der Waals surface area contributed by atoms with E-state index in [9.17, 15) is 4.79 Å². The van der Waals surface area contributed by atoms with E-state index in [0.29, 0.717) is 60.8 Å². The molecule has 0 radical (unpaired) electrons. The van der Waals surface area contributed by atoms with Crippen LogP contribution in [-0.4, -0.2) is 64.3 Å². The van der Waals surface area contributed by atoms with Crippen molar-refractivity contribution in [2.45, 2.75) is 33.0 Å². The number of halogens is 1. The maximum atomic E-state index is 12.4. The van der Waals surface area contributed by atoms with E-state index in [0.717, 1.165) is 16.9 Å². The van der Waals surface area contributed by atoms with Crippen molar-refractivity contribution in [1.82, 2.24) is 19.3 Å². The van der Waals surface area contributed by atoms with Crippen LogP contribution in [-0.2, 0) is 11.3 Å². The maximum absolute atomic E-state index is 12.4. The van der Waals surface area contributed by atoms with Gasteiger partial charge in [-0.1, -0.05) is 41.9 Å². The minimum Gasteiger partial charge on any atom is -0.495 e. The molecule has 4 aromatic rings. The lowest BCUT2D eigenvalue weighted by molar-refractivity contribution is 0.0240. The van der Waals surface area contributed by atoms with Gasteiger partial charge in [-0.05, 0) is 38.5 Å². The lowest BCUT2D eigenvalue weighted by Gasteiger charge is -2.36. The number of carbonyl (C=O) groups excluding carboxylic acids is 1. The van der Waals surface area contributed by atoms with Crippen LogP contribution < -0.4 is 14.4 Å². The summed E-state index contributed by atoms with van der Waals surface area (Å²) in [5.41, 5.74) is 1.96. The van der Waals surface area contributed by atoms with Crippen LogP contribution in [0, 0.1) is 0 Å². The Labute approximate surface area is 232 Å². The van der Waals surface area contributed by atoms with Crippen LogP contribution in [0.5, 0.6) is 11.5 Å². The average Bonchev–Trinajstić information content (AvgIpc) is 3.35. The molecule has 0 aliphatic carbocycles. The van der Waals surface area contributed by atoms with Crippen molar-refractivity contribution >= 4 is 29.3 Å². The van der Waals surface area contributed by atoms with Crippen LogP contribution in [0.15, 0.2) is 60.9 Å². The molecular formula is C29H32ClN5O4. The normalized spacial score (nSPS) is 14.0. The quantitative estimate of drug-likeness (QED) is 0.305. The van der Waals surface area contributed by atoms with Crippen LogP contribution in [0.1, 0.15) is 26.3 Å². The van der Waals surface area contributed by atoms with Gasteiger partial charge in [-0.3, -0.25) is 4.40 Å². The molecule has 9 nitrogen and oxygen atoms in total. The molecule has 0 saturated carbocycles. The maximum Gasteiger partial charge on any atom is 0.410 e. The Kier molecular flexibility index (Phi) is 7.52. The van der Waals surface area contributed by atoms with Gasteiger partial charge in [-0.15, -0.1) is 0 Å². The fraction of sp³-hybridized carbons (Fsp3) is 0.345. The molecule has 0 unspecified atom stereocenters. The summed E-state index contributed by atoms with van der Waals surface area (Å²) in [6.45, 7) is 8.45. The number of benzene rings is 2. The Balaban J connectivity index is 1.36. The average molecular weight is 550 g/mol. The predicted octanol–water partition coefficient (Wildman–Crippen LogP) is 5.69. The van der Waals surface area contributed by atoms with E-state index in [1.54, 1.807) is 24.1 Å². The zero-order chi connectivity index (χ0) is 27.6. The number of methoxy groups -OCH3 is 1. The van der Waals surface area contributed by atoms with Crippen molar-refractivity contribution in [1.29, 1.82) is 0 Å². The zero-order valence-corrected chi connectivity index (χ0v) is 23.3. The Bertz CT molecular complexity index is 1460. The van der Waals surface area contributed by atoms with E-state index in [4.69, 9.17) is 35.8 Å². The Morgan fingerprint density at radius 3 is 2.44 bits per heavy atom. The third-order valence-electron chi connectivity index (χ3n) is 6.33. The van der Waals surface area contributed by atoms with Crippen LogP contribution in [0.2, 0.25) is 5.02 Å². The molecule has 5 rings (SSSR count). The van der Waals surface area contributed by atoms with E-state index in [-0.39, 0.29) is 6.09 Å². The summed E-state index contributed by atoms with van der Waals surface area (Å²) in [7, 11) is 1.57. The van der Waals surface area contributed by atoms with Gasteiger partial charge >= 0.3 is 6.09 Å². The third kappa shape index (κ3) is 6.20. The fourth-order valence-electron chi connectivity index (χ4n) is 4.36. The standard InChI is InChI=1S/C29H32ClN5O4/c1-29(2,3)39-28(36)34-14-12-33(13-15-34)26-10-11-35-18-23(31-27(35)32-26)21-16-22(30)25(37-4)17-24(21)38-19-20-8-6-5-7-9-20/h5-11,16-18H,12-15,19H2,1-4H3. The van der Waals surface area contributed by atoms with E-state index in [1.807, 2.05) is 74.0 Å². The number of hydrogen-bond donors (Lipinski definition) is 0. The number of nitrogens with zero attached hydrogens (tertiary/aromatic N) is 5. The van der Waals surface area contributed by atoms with Crippen LogP contribution in [0.25, 0.3) is 17.0 Å². The topological polar surface area (TPSA) is 81.4 Å². The molecule has 0 atom stereocenters. The van der Waals surface area contributed by atoms with Crippen molar-refractivity contribution in [3.05, 3.63) is 71.5 Å². The highest BCUT2D eigenvalue weighted by atomic mass is 35.5. The van der Waals surface area contributed by atoms with Crippen LogP contribution in [0.3, 0.4) is 0 Å². The molecule has 1 saturated heterocycles. The number of anilines is 1. The number of aromatic nitrogens is 3. The Morgan fingerprint density at radius 1 is 1.00 bits per heavy atom. The molecule has 1 amide bonds. The predicted molar refractivity (Wildman–Crippen MR) is 151 cm³/mol. The minimum atomic E-state index is -0.514. The second kappa shape index (κ2) is 11.0. The second-order valence-electron chi connectivity index (χ2n) is 10.3. The fourth-order valence-corrected chi connectivity index (χ4v) is 4.60. The van der Waals surface area contributed by atoms with Gasteiger partial charge < -0.3 is 24.0 Å². The van der Waals surface area contributed by atoms with Gasteiger partial charge in [0.05, 0.1) is 17.8 Å². The van der Waals surface area contributed by atoms with Gasteiger partial charge in [0.1, 0.15) is 29.5 Å². The summed E-state index contributed by atoms with van der Waals surface area (Å²) in [4.78, 5) is 25.9. The monoisotopic (exact) mass is 549 g/mol. The smallest absolute Gasteiger partial charge is 0.410 e. The Hall–Kier alpha value is -3.98. The van der Waals surface area contributed by atoms with Gasteiger partial charge in [-0.2, -0.15) is 4.98 Å². The minimum absolute atomic E-state index is 0.285. The number of rotatable bonds is 6. The first-order chi connectivity index (χ1) is 18.7. The van der Waals surface area contributed by atoms with E-state index in [2.05, 4.69) is 4.90 Å². The van der Waals surface area contributed by atoms with Crippen molar-refractivity contribution in [2.24, 2.45) is 0 Å². The zero-order valence-electron chi connectivity index (χ0n) is 22.6. The second-order valence-corrected chi connectivity index (χ2v) is 10.7. The molecule has 0 bridgehead atoms. The highest BCUT2D eigenvalue weighted by molar-refractivity contribution is 6.32. The highest BCUT2D eigenvalue weighted by Gasteiger charge is 2.26. The van der Waals surface area contributed by atoms with Gasteiger partial charge in [0.25, 0.3) is 0 Å². The summed E-state index contributed by atoms with van der Waals surface area (Å²) in [6.07, 6.45) is 3.55. The van der Waals surface area contributed by atoms with E-state index in [1.165, 1.54) is 0 Å². The molecule has 0 N–H and O–H groups in total. The molecule has 1 fully saturated rings. The summed E-state index contributed by atoms with van der Waals surface area (Å²) in [5.74, 6) is 2.50. The number of fused-ring (bicyclic) bond motifs is 1. The summed E-state index contributed by atoms with van der Waals surface area (Å²) in [5, 5.41) is 0.466. The van der Waals surface area contributed by atoms with Gasteiger partial charge in [-0.25, -0.2) is 9.78 Å². The SMILES string of the molecule is COc1cc(OCc2ccccc2)c(-c2cn3ccc(N4CCN(C(=O)OC(C)(C)C)CC4)nc3n2)cc1Cl. The first-order valence-corrected chi connectivity index (χ1v) is 13.2. The summed E-state index contributed by atoms with van der Waals surface area (Å²) < 4.78 is 19.0. The van der Waals surface area contributed by atoms with Crippen molar-refractivity contribution < 1.29 is 19.0 Å². The van der Waals surface area contributed by atoms with Crippen LogP contribution >= 0.6 is 11.6 Å². The molecule has 204 valence electrons. The molecule has 0 spiro atoms. The first-order valence-electron chi connectivity index (χ1n) is 12.8. The number of piperazine rings is 1. The van der Waals surface area contributed by atoms with E-state index < -0.39 is 5.60 Å². The number of imidazole rings is 1. The molecule has 39 heavy (non-hydrogen) atoms. The summed E-state index contributed by atoms with van der Waals surface area (Å²) >= 11 is 6.49. The first kappa shape index (κ1) is 26.6. The number of carbonyl (C=O) groups is 1. The van der Waals surface area contributed by atoms with Gasteiger partial charge in [0.2, 0.25) is 5.78 Å². The third-order valence-corrected chi connectivity index (χ3v) is 6.63. The number of amides is 1. The van der Waals surface area contributed by atoms with Crippen molar-refractivity contribution in [3.8, 4) is 22.8 Å². The van der Waals surface area contributed by atoms with Crippen LogP contribution in [0.4, 0.5) is 10.6 Å². The number of ether oxygens (including phenoxy) is 3. The molecular weight excluding hydrogens is 518 g/mol. The van der Waals surface area contributed by atoms with Crippen molar-refractivity contribution in [3.63, 3.8) is 0 Å². The van der Waals surface area contributed by atoms with E-state index >= 15 is 0 Å². The molecule has 1 aliphatic heterocycles. The highest BCUT2D eigenvalue weighted by Crippen LogP contribution is 2.38. The Morgan fingerprint density at radius 2 is 1.74 bits per heavy atom. The molecule has 3 heterocycles. The molecule has 2 aromatic heterocycles.